The Morgan fingerprint density at radius 1 is 1.12 bits per heavy atom. The average molecular weight is 217 g/mol. The van der Waals surface area contributed by atoms with Crippen molar-refractivity contribution in [2.45, 2.75) is 25.7 Å². The van der Waals surface area contributed by atoms with Crippen molar-refractivity contribution < 1.29 is 4.92 Å². The number of rotatable bonds is 3. The van der Waals surface area contributed by atoms with Gasteiger partial charge in [-0.3, -0.25) is 10.1 Å². The Morgan fingerprint density at radius 3 is 2.50 bits per heavy atom. The molecular formula is C13H15NO2. The number of nitrogens with zero attached hydrogens (tertiary/aromatic N) is 1. The molecule has 3 nitrogen and oxygen atoms in total. The number of benzene rings is 1. The van der Waals surface area contributed by atoms with Crippen LogP contribution in [0.5, 0.6) is 0 Å². The van der Waals surface area contributed by atoms with Gasteiger partial charge in [-0.05, 0) is 36.8 Å². The first kappa shape index (κ1) is 10.9. The Balaban J connectivity index is 2.33. The lowest BCUT2D eigenvalue weighted by molar-refractivity contribution is -0.471. The molecule has 1 aliphatic rings. The average Bonchev–Trinajstić information content (AvgIpc) is 2.30. The van der Waals surface area contributed by atoms with Gasteiger partial charge in [0.25, 0.3) is 0 Å². The Hall–Kier alpha value is -1.64. The van der Waals surface area contributed by atoms with Crippen LogP contribution in [-0.4, -0.2) is 11.5 Å². The maximum Gasteiger partial charge on any atom is 0.225 e. The third-order valence-corrected chi connectivity index (χ3v) is 3.02. The number of allylic oxidation sites excluding steroid dienone is 1. The Labute approximate surface area is 94.9 Å². The van der Waals surface area contributed by atoms with Gasteiger partial charge in [0.05, 0.1) is 0 Å². The number of hydrogen-bond acceptors (Lipinski definition) is 2. The van der Waals surface area contributed by atoms with Gasteiger partial charge < -0.3 is 0 Å². The molecule has 3 heteroatoms. The normalized spacial score (nSPS) is 16.2. The largest absolute Gasteiger partial charge is 0.264 e. The fourth-order valence-electron chi connectivity index (χ4n) is 2.29. The SMILES string of the molecule is O=[N+]([O-])CC1=C(c2ccccc2)CCCC1. The third-order valence-electron chi connectivity index (χ3n) is 3.02. The minimum Gasteiger partial charge on any atom is -0.264 e. The van der Waals surface area contributed by atoms with E-state index in [0.29, 0.717) is 0 Å². The molecule has 0 saturated carbocycles. The van der Waals surface area contributed by atoms with E-state index in [1.807, 2.05) is 30.3 Å². The second-order valence-electron chi connectivity index (χ2n) is 4.15. The summed E-state index contributed by atoms with van der Waals surface area (Å²) in [5.74, 6) is 0. The topological polar surface area (TPSA) is 43.1 Å². The van der Waals surface area contributed by atoms with E-state index in [2.05, 4.69) is 0 Å². The summed E-state index contributed by atoms with van der Waals surface area (Å²) in [5.41, 5.74) is 3.37. The zero-order valence-corrected chi connectivity index (χ0v) is 9.19. The van der Waals surface area contributed by atoms with Crippen molar-refractivity contribution in [2.75, 3.05) is 6.54 Å². The van der Waals surface area contributed by atoms with E-state index in [9.17, 15) is 10.1 Å². The van der Waals surface area contributed by atoms with Gasteiger partial charge in [0.1, 0.15) is 0 Å². The Morgan fingerprint density at radius 2 is 1.81 bits per heavy atom. The fraction of sp³-hybridized carbons (Fsp3) is 0.385. The van der Waals surface area contributed by atoms with Gasteiger partial charge >= 0.3 is 0 Å². The molecule has 0 aliphatic heterocycles. The summed E-state index contributed by atoms with van der Waals surface area (Å²) in [6.07, 6.45) is 4.09. The lowest BCUT2D eigenvalue weighted by atomic mass is 9.87. The standard InChI is InChI=1S/C13H15NO2/c15-14(16)10-12-8-4-5-9-13(12)11-6-2-1-3-7-11/h1-3,6-7H,4-5,8-10H2. The Bertz CT molecular complexity index is 409. The van der Waals surface area contributed by atoms with Crippen molar-refractivity contribution in [1.29, 1.82) is 0 Å². The van der Waals surface area contributed by atoms with E-state index in [1.165, 1.54) is 5.57 Å². The molecule has 0 N–H and O–H groups in total. The van der Waals surface area contributed by atoms with Crippen molar-refractivity contribution in [3.63, 3.8) is 0 Å². The van der Waals surface area contributed by atoms with E-state index >= 15 is 0 Å². The van der Waals surface area contributed by atoms with Gasteiger partial charge in [-0.15, -0.1) is 0 Å². The quantitative estimate of drug-likeness (QED) is 0.576. The molecule has 0 heterocycles. The first-order valence-corrected chi connectivity index (χ1v) is 5.65. The summed E-state index contributed by atoms with van der Waals surface area (Å²) >= 11 is 0. The maximum absolute atomic E-state index is 10.6. The van der Waals surface area contributed by atoms with Crippen LogP contribution in [0.2, 0.25) is 0 Å². The van der Waals surface area contributed by atoms with E-state index in [4.69, 9.17) is 0 Å². The van der Waals surface area contributed by atoms with Crippen LogP contribution in [0.4, 0.5) is 0 Å². The van der Waals surface area contributed by atoms with Gasteiger partial charge in [-0.25, -0.2) is 0 Å². The third kappa shape index (κ3) is 2.48. The van der Waals surface area contributed by atoms with E-state index < -0.39 is 0 Å². The molecule has 84 valence electrons. The summed E-state index contributed by atoms with van der Waals surface area (Å²) in [6.45, 7) is 0.00419. The summed E-state index contributed by atoms with van der Waals surface area (Å²) in [6, 6.07) is 10.0. The zero-order valence-electron chi connectivity index (χ0n) is 9.19. The minimum atomic E-state index is -0.219. The molecule has 0 fully saturated rings. The predicted octanol–water partition coefficient (Wildman–Crippen LogP) is 3.29. The van der Waals surface area contributed by atoms with Crippen molar-refractivity contribution in [3.05, 3.63) is 51.6 Å². The van der Waals surface area contributed by atoms with Crippen LogP contribution >= 0.6 is 0 Å². The van der Waals surface area contributed by atoms with E-state index in [-0.39, 0.29) is 11.5 Å². The minimum absolute atomic E-state index is 0.00419. The smallest absolute Gasteiger partial charge is 0.225 e. The highest BCUT2D eigenvalue weighted by Gasteiger charge is 2.17. The van der Waals surface area contributed by atoms with E-state index in [0.717, 1.165) is 36.8 Å². The van der Waals surface area contributed by atoms with Gasteiger partial charge in [0, 0.05) is 10.5 Å². The molecule has 1 aromatic carbocycles. The van der Waals surface area contributed by atoms with Crippen LogP contribution in [0.15, 0.2) is 35.9 Å². The van der Waals surface area contributed by atoms with Crippen LogP contribution in [0.3, 0.4) is 0 Å². The van der Waals surface area contributed by atoms with Crippen molar-refractivity contribution in [1.82, 2.24) is 0 Å². The summed E-state index contributed by atoms with van der Waals surface area (Å²) in [7, 11) is 0. The maximum atomic E-state index is 10.6. The summed E-state index contributed by atoms with van der Waals surface area (Å²) in [4.78, 5) is 10.4. The Kier molecular flexibility index (Phi) is 3.34. The van der Waals surface area contributed by atoms with Crippen molar-refractivity contribution >= 4 is 5.57 Å². The lowest BCUT2D eigenvalue weighted by Crippen LogP contribution is -2.09. The molecule has 0 radical (unpaired) electrons. The molecule has 0 saturated heterocycles. The fourth-order valence-corrected chi connectivity index (χ4v) is 2.29. The molecule has 0 unspecified atom stereocenters. The molecular weight excluding hydrogens is 202 g/mol. The molecule has 0 atom stereocenters. The second-order valence-corrected chi connectivity index (χ2v) is 4.15. The molecule has 2 rings (SSSR count). The first-order chi connectivity index (χ1) is 7.77. The van der Waals surface area contributed by atoms with Crippen LogP contribution < -0.4 is 0 Å². The van der Waals surface area contributed by atoms with Crippen LogP contribution in [0, 0.1) is 10.1 Å². The highest BCUT2D eigenvalue weighted by Crippen LogP contribution is 2.32. The summed E-state index contributed by atoms with van der Waals surface area (Å²) in [5, 5.41) is 10.6. The van der Waals surface area contributed by atoms with Gasteiger partial charge in [0.2, 0.25) is 6.54 Å². The first-order valence-electron chi connectivity index (χ1n) is 5.65. The summed E-state index contributed by atoms with van der Waals surface area (Å²) < 4.78 is 0. The van der Waals surface area contributed by atoms with Gasteiger partial charge in [-0.1, -0.05) is 30.3 Å². The second kappa shape index (κ2) is 4.92. The van der Waals surface area contributed by atoms with Crippen LogP contribution in [-0.2, 0) is 0 Å². The van der Waals surface area contributed by atoms with Crippen molar-refractivity contribution in [3.8, 4) is 0 Å². The highest BCUT2D eigenvalue weighted by atomic mass is 16.6. The molecule has 16 heavy (non-hydrogen) atoms. The van der Waals surface area contributed by atoms with Gasteiger partial charge in [0.15, 0.2) is 0 Å². The molecule has 0 aromatic heterocycles. The van der Waals surface area contributed by atoms with Gasteiger partial charge in [-0.2, -0.15) is 0 Å². The highest BCUT2D eigenvalue weighted by molar-refractivity contribution is 5.69. The number of hydrogen-bond donors (Lipinski definition) is 0. The molecule has 0 spiro atoms. The van der Waals surface area contributed by atoms with Crippen LogP contribution in [0.25, 0.3) is 5.57 Å². The molecule has 0 amide bonds. The lowest BCUT2D eigenvalue weighted by Gasteiger charge is -2.18. The zero-order chi connectivity index (χ0) is 11.4. The molecule has 1 aliphatic carbocycles. The predicted molar refractivity (Wildman–Crippen MR) is 63.7 cm³/mol. The molecule has 1 aromatic rings. The van der Waals surface area contributed by atoms with E-state index in [1.54, 1.807) is 0 Å². The van der Waals surface area contributed by atoms with Crippen LogP contribution in [0.1, 0.15) is 31.2 Å². The molecule has 0 bridgehead atoms. The monoisotopic (exact) mass is 217 g/mol. The number of nitro groups is 1. The van der Waals surface area contributed by atoms with Crippen molar-refractivity contribution in [2.24, 2.45) is 0 Å².